The number of benzene rings is 1. The van der Waals surface area contributed by atoms with Crippen molar-refractivity contribution in [3.8, 4) is 0 Å². The molecule has 1 saturated carbocycles. The van der Waals surface area contributed by atoms with E-state index in [0.29, 0.717) is 27.9 Å². The lowest BCUT2D eigenvalue weighted by molar-refractivity contribution is 0.110. The fourth-order valence-corrected chi connectivity index (χ4v) is 5.31. The van der Waals surface area contributed by atoms with Gasteiger partial charge in [0.25, 0.3) is 0 Å². The molecule has 0 amide bonds. The van der Waals surface area contributed by atoms with Crippen LogP contribution >= 0.6 is 0 Å². The van der Waals surface area contributed by atoms with Crippen LogP contribution in [0.25, 0.3) is 0 Å². The first-order chi connectivity index (χ1) is 10.3. The highest BCUT2D eigenvalue weighted by Gasteiger charge is 2.36. The van der Waals surface area contributed by atoms with Crippen LogP contribution in [0.3, 0.4) is 0 Å². The Balaban J connectivity index is 2.11. The van der Waals surface area contributed by atoms with Gasteiger partial charge in [-0.25, -0.2) is 8.42 Å². The Morgan fingerprint density at radius 3 is 2.41 bits per heavy atom. The molecular formula is C19H30O2S. The summed E-state index contributed by atoms with van der Waals surface area (Å²) in [5.74, 6) is 1.22. The quantitative estimate of drug-likeness (QED) is 0.774. The molecule has 124 valence electrons. The maximum absolute atomic E-state index is 12.7. The van der Waals surface area contributed by atoms with Crippen molar-refractivity contribution in [2.24, 2.45) is 17.3 Å². The highest BCUT2D eigenvalue weighted by atomic mass is 32.2. The van der Waals surface area contributed by atoms with Gasteiger partial charge in [-0.3, -0.25) is 0 Å². The molecule has 1 fully saturated rings. The Hall–Kier alpha value is -0.830. The minimum atomic E-state index is -3.16. The summed E-state index contributed by atoms with van der Waals surface area (Å²) in [6, 6.07) is 7.43. The van der Waals surface area contributed by atoms with Gasteiger partial charge in [0.15, 0.2) is 9.84 Å². The molecule has 0 spiro atoms. The lowest BCUT2D eigenvalue weighted by Gasteiger charge is -2.41. The third kappa shape index (κ3) is 3.92. The second kappa shape index (κ2) is 6.74. The number of sulfone groups is 1. The van der Waals surface area contributed by atoms with Crippen molar-refractivity contribution in [2.45, 2.75) is 64.7 Å². The van der Waals surface area contributed by atoms with Crippen molar-refractivity contribution in [2.75, 3.05) is 5.75 Å². The highest BCUT2D eigenvalue weighted by molar-refractivity contribution is 7.91. The molecule has 2 atom stereocenters. The van der Waals surface area contributed by atoms with Crippen LogP contribution in [0.5, 0.6) is 0 Å². The average Bonchev–Trinajstić information content (AvgIpc) is 2.47. The molecule has 22 heavy (non-hydrogen) atoms. The molecule has 3 heteroatoms. The highest BCUT2D eigenvalue weighted by Crippen LogP contribution is 2.45. The van der Waals surface area contributed by atoms with Gasteiger partial charge in [0.05, 0.1) is 10.6 Å². The van der Waals surface area contributed by atoms with Gasteiger partial charge in [-0.15, -0.1) is 0 Å². The van der Waals surface area contributed by atoms with Crippen LogP contribution in [0.4, 0.5) is 0 Å². The molecule has 1 aromatic carbocycles. The summed E-state index contributed by atoms with van der Waals surface area (Å²) in [5.41, 5.74) is 1.48. The monoisotopic (exact) mass is 322 g/mol. The molecule has 1 aliphatic rings. The largest absolute Gasteiger partial charge is 0.224 e. The number of aryl methyl sites for hydroxylation is 1. The third-order valence-corrected chi connectivity index (χ3v) is 7.56. The van der Waals surface area contributed by atoms with Crippen molar-refractivity contribution < 1.29 is 8.42 Å². The van der Waals surface area contributed by atoms with E-state index in [1.165, 1.54) is 12.0 Å². The lowest BCUT2D eigenvalue weighted by atomic mass is 9.65. The summed E-state index contributed by atoms with van der Waals surface area (Å²) in [6.45, 7) is 8.94. The summed E-state index contributed by atoms with van der Waals surface area (Å²) < 4.78 is 25.4. The molecule has 0 heterocycles. The molecule has 0 aliphatic heterocycles. The molecule has 0 N–H and O–H groups in total. The van der Waals surface area contributed by atoms with E-state index >= 15 is 0 Å². The number of hydrogen-bond donors (Lipinski definition) is 0. The number of rotatable bonds is 5. The van der Waals surface area contributed by atoms with Crippen LogP contribution in [-0.2, 0) is 16.3 Å². The molecule has 0 radical (unpaired) electrons. The van der Waals surface area contributed by atoms with Crippen LogP contribution in [0, 0.1) is 17.3 Å². The van der Waals surface area contributed by atoms with Gasteiger partial charge in [-0.05, 0) is 60.6 Å². The first-order valence-electron chi connectivity index (χ1n) is 8.58. The van der Waals surface area contributed by atoms with Crippen LogP contribution < -0.4 is 0 Å². The lowest BCUT2D eigenvalue weighted by Crippen LogP contribution is -2.33. The molecule has 0 unspecified atom stereocenters. The van der Waals surface area contributed by atoms with E-state index in [1.807, 2.05) is 12.1 Å². The van der Waals surface area contributed by atoms with Crippen molar-refractivity contribution in [1.82, 2.24) is 0 Å². The molecule has 2 rings (SSSR count). The Morgan fingerprint density at radius 1 is 1.23 bits per heavy atom. The summed E-state index contributed by atoms with van der Waals surface area (Å²) in [6.07, 6.45) is 5.41. The van der Waals surface area contributed by atoms with Gasteiger partial charge in [-0.1, -0.05) is 46.2 Å². The summed E-state index contributed by atoms with van der Waals surface area (Å²) >= 11 is 0. The molecular weight excluding hydrogens is 292 g/mol. The standard InChI is InChI=1S/C19H30O2S/c1-5-16-8-10-18(11-9-16)22(20,21)14-17-7-6-12-19(4,13-17)15(2)3/h8-11,15,17H,5-7,12-14H2,1-4H3/t17-,19-/m1/s1. The minimum Gasteiger partial charge on any atom is -0.224 e. The van der Waals surface area contributed by atoms with Crippen molar-refractivity contribution in [3.63, 3.8) is 0 Å². The van der Waals surface area contributed by atoms with Crippen LogP contribution in [0.1, 0.15) is 58.9 Å². The van der Waals surface area contributed by atoms with Crippen molar-refractivity contribution >= 4 is 9.84 Å². The fraction of sp³-hybridized carbons (Fsp3) is 0.684. The fourth-order valence-electron chi connectivity index (χ4n) is 3.66. The summed E-state index contributed by atoms with van der Waals surface area (Å²) in [4.78, 5) is 0.488. The van der Waals surface area contributed by atoms with Gasteiger partial charge in [-0.2, -0.15) is 0 Å². The maximum atomic E-state index is 12.7. The molecule has 0 saturated heterocycles. The van der Waals surface area contributed by atoms with Crippen LogP contribution in [0.15, 0.2) is 29.2 Å². The van der Waals surface area contributed by atoms with Gasteiger partial charge in [0.1, 0.15) is 0 Å². The van der Waals surface area contributed by atoms with Crippen LogP contribution in [-0.4, -0.2) is 14.2 Å². The van der Waals surface area contributed by atoms with E-state index in [-0.39, 0.29) is 0 Å². The first-order valence-corrected chi connectivity index (χ1v) is 10.2. The average molecular weight is 323 g/mol. The zero-order valence-electron chi connectivity index (χ0n) is 14.4. The SMILES string of the molecule is CCc1ccc(S(=O)(=O)C[C@@H]2CCC[C@@](C)(C(C)C)C2)cc1. The van der Waals surface area contributed by atoms with Crippen LogP contribution in [0.2, 0.25) is 0 Å². The van der Waals surface area contributed by atoms with Gasteiger partial charge in [0, 0.05) is 0 Å². The maximum Gasteiger partial charge on any atom is 0.178 e. The smallest absolute Gasteiger partial charge is 0.178 e. The number of hydrogen-bond acceptors (Lipinski definition) is 2. The zero-order chi connectivity index (χ0) is 16.4. The second-order valence-corrected chi connectivity index (χ2v) is 9.58. The normalized spacial score (nSPS) is 26.3. The molecule has 1 aliphatic carbocycles. The van der Waals surface area contributed by atoms with Crippen molar-refractivity contribution in [3.05, 3.63) is 29.8 Å². The van der Waals surface area contributed by atoms with E-state index in [4.69, 9.17) is 0 Å². The molecule has 1 aromatic rings. The second-order valence-electron chi connectivity index (χ2n) is 7.55. The van der Waals surface area contributed by atoms with Gasteiger partial charge in [0.2, 0.25) is 0 Å². The third-order valence-electron chi connectivity index (χ3n) is 5.65. The molecule has 0 aromatic heterocycles. The van der Waals surface area contributed by atoms with Gasteiger partial charge < -0.3 is 0 Å². The van der Waals surface area contributed by atoms with E-state index in [1.54, 1.807) is 12.1 Å². The molecule has 2 nitrogen and oxygen atoms in total. The van der Waals surface area contributed by atoms with Gasteiger partial charge >= 0.3 is 0 Å². The van der Waals surface area contributed by atoms with E-state index in [9.17, 15) is 8.42 Å². The Morgan fingerprint density at radius 2 is 1.86 bits per heavy atom. The summed E-state index contributed by atoms with van der Waals surface area (Å²) in [5, 5.41) is 0. The van der Waals surface area contributed by atoms with Crippen molar-refractivity contribution in [1.29, 1.82) is 0 Å². The van der Waals surface area contributed by atoms with E-state index in [0.717, 1.165) is 25.7 Å². The predicted octanol–water partition coefficient (Wildman–Crippen LogP) is 4.88. The first kappa shape index (κ1) is 17.5. The zero-order valence-corrected chi connectivity index (χ0v) is 15.2. The summed E-state index contributed by atoms with van der Waals surface area (Å²) in [7, 11) is -3.16. The van der Waals surface area contributed by atoms with E-state index < -0.39 is 9.84 Å². The Kier molecular flexibility index (Phi) is 5.37. The molecule has 0 bridgehead atoms. The predicted molar refractivity (Wildman–Crippen MR) is 92.8 cm³/mol. The minimum absolute atomic E-state index is 0.296. The topological polar surface area (TPSA) is 34.1 Å². The Labute approximate surface area is 136 Å². The Bertz CT molecular complexity index is 586. The van der Waals surface area contributed by atoms with E-state index in [2.05, 4.69) is 27.7 Å².